The maximum atomic E-state index is 10.6. The second-order valence-electron chi connectivity index (χ2n) is 3.22. The van der Waals surface area contributed by atoms with Gasteiger partial charge in [0.1, 0.15) is 0 Å². The highest BCUT2D eigenvalue weighted by atomic mass is 16.5. The predicted molar refractivity (Wildman–Crippen MR) is 45.5 cm³/mol. The van der Waals surface area contributed by atoms with E-state index in [1.165, 1.54) is 0 Å². The molecule has 1 rings (SSSR count). The maximum absolute atomic E-state index is 10.6. The summed E-state index contributed by atoms with van der Waals surface area (Å²) in [6.45, 7) is 3.38. The van der Waals surface area contributed by atoms with Crippen molar-refractivity contribution in [3.8, 4) is 0 Å². The van der Waals surface area contributed by atoms with Crippen molar-refractivity contribution in [3.63, 3.8) is 0 Å². The number of carboxylic acids is 1. The number of hydrogen-bond acceptors (Lipinski definition) is 4. The number of nitrogens with zero attached hydrogens (tertiary/aromatic N) is 1. The van der Waals surface area contributed by atoms with Gasteiger partial charge >= 0.3 is 5.97 Å². The van der Waals surface area contributed by atoms with Crippen molar-refractivity contribution >= 4 is 5.97 Å². The minimum atomic E-state index is -0.935. The molecular weight excluding hydrogens is 174 g/mol. The molecule has 76 valence electrons. The molecule has 0 radical (unpaired) electrons. The predicted octanol–water partition coefficient (Wildman–Crippen LogP) is -0.847. The van der Waals surface area contributed by atoms with Crippen LogP contribution in [0.2, 0.25) is 0 Å². The molecule has 13 heavy (non-hydrogen) atoms. The molecule has 5 heteroatoms. The molecule has 0 aliphatic carbocycles. The van der Waals surface area contributed by atoms with Gasteiger partial charge in [0.05, 0.1) is 13.2 Å². The van der Waals surface area contributed by atoms with Crippen LogP contribution in [0.1, 0.15) is 6.92 Å². The molecule has 0 aromatic rings. The molecule has 0 spiro atoms. The lowest BCUT2D eigenvalue weighted by atomic mass is 10.2. The maximum Gasteiger partial charge on any atom is 0.334 e. The molecule has 2 N–H and O–H groups in total. The van der Waals surface area contributed by atoms with Crippen molar-refractivity contribution < 1.29 is 19.7 Å². The molecule has 0 aromatic heterocycles. The lowest BCUT2D eigenvalue weighted by molar-refractivity contribution is -0.157. The third-order valence-corrected chi connectivity index (χ3v) is 2.26. The molecule has 1 aliphatic heterocycles. The molecule has 2 unspecified atom stereocenters. The SMILES string of the molecule is CC(CO)N1CCOC(C(=O)O)C1. The van der Waals surface area contributed by atoms with Gasteiger partial charge in [-0.15, -0.1) is 0 Å². The van der Waals surface area contributed by atoms with Crippen molar-refractivity contribution in [2.75, 3.05) is 26.3 Å². The Bertz CT molecular complexity index is 185. The molecule has 2 atom stereocenters. The lowest BCUT2D eigenvalue weighted by Gasteiger charge is -2.34. The van der Waals surface area contributed by atoms with Gasteiger partial charge in [-0.05, 0) is 6.92 Å². The Morgan fingerprint density at radius 2 is 2.46 bits per heavy atom. The van der Waals surface area contributed by atoms with Crippen LogP contribution in [0.15, 0.2) is 0 Å². The summed E-state index contributed by atoms with van der Waals surface area (Å²) in [5.74, 6) is -0.935. The van der Waals surface area contributed by atoms with Gasteiger partial charge in [0.2, 0.25) is 0 Å². The van der Waals surface area contributed by atoms with E-state index in [0.29, 0.717) is 19.7 Å². The highest BCUT2D eigenvalue weighted by Gasteiger charge is 2.28. The van der Waals surface area contributed by atoms with E-state index in [2.05, 4.69) is 0 Å². The average molecular weight is 189 g/mol. The van der Waals surface area contributed by atoms with Crippen LogP contribution < -0.4 is 0 Å². The van der Waals surface area contributed by atoms with Gasteiger partial charge in [0, 0.05) is 19.1 Å². The molecule has 1 heterocycles. The van der Waals surface area contributed by atoms with Crippen LogP contribution in [0, 0.1) is 0 Å². The first-order chi connectivity index (χ1) is 6.15. The molecular formula is C8H15NO4. The van der Waals surface area contributed by atoms with E-state index in [0.717, 1.165) is 0 Å². The number of morpholine rings is 1. The number of carbonyl (C=O) groups is 1. The number of carboxylic acid groups (broad SMARTS) is 1. The van der Waals surface area contributed by atoms with Crippen molar-refractivity contribution in [2.45, 2.75) is 19.1 Å². The van der Waals surface area contributed by atoms with Gasteiger partial charge in [-0.25, -0.2) is 4.79 Å². The quantitative estimate of drug-likeness (QED) is 0.605. The number of aliphatic hydroxyl groups is 1. The average Bonchev–Trinajstić information content (AvgIpc) is 2.17. The summed E-state index contributed by atoms with van der Waals surface area (Å²) in [7, 11) is 0. The largest absolute Gasteiger partial charge is 0.479 e. The number of ether oxygens (including phenoxy) is 1. The first-order valence-corrected chi connectivity index (χ1v) is 4.34. The summed E-state index contributed by atoms with van der Waals surface area (Å²) in [6, 6.07) is 0.00532. The summed E-state index contributed by atoms with van der Waals surface area (Å²) >= 11 is 0. The lowest BCUT2D eigenvalue weighted by Crippen LogP contribution is -2.50. The summed E-state index contributed by atoms with van der Waals surface area (Å²) in [6.07, 6.45) is -0.747. The molecule has 0 amide bonds. The first kappa shape index (κ1) is 10.4. The van der Waals surface area contributed by atoms with Crippen molar-refractivity contribution in [2.24, 2.45) is 0 Å². The van der Waals surface area contributed by atoms with Crippen LogP contribution in [0.4, 0.5) is 0 Å². The second kappa shape index (κ2) is 4.55. The zero-order valence-corrected chi connectivity index (χ0v) is 7.64. The fourth-order valence-electron chi connectivity index (χ4n) is 1.33. The topological polar surface area (TPSA) is 70.0 Å². The summed E-state index contributed by atoms with van der Waals surface area (Å²) in [4.78, 5) is 12.5. The van der Waals surface area contributed by atoms with E-state index in [1.54, 1.807) is 0 Å². The Hall–Kier alpha value is -0.650. The molecule has 1 saturated heterocycles. The van der Waals surface area contributed by atoms with Gasteiger partial charge in [0.25, 0.3) is 0 Å². The second-order valence-corrected chi connectivity index (χ2v) is 3.22. The van der Waals surface area contributed by atoms with Gasteiger partial charge in [-0.3, -0.25) is 4.90 Å². The van der Waals surface area contributed by atoms with E-state index in [1.807, 2.05) is 11.8 Å². The zero-order valence-electron chi connectivity index (χ0n) is 7.64. The minimum Gasteiger partial charge on any atom is -0.479 e. The van der Waals surface area contributed by atoms with Gasteiger partial charge in [0.15, 0.2) is 6.10 Å². The molecule has 0 aromatic carbocycles. The van der Waals surface area contributed by atoms with Crippen LogP contribution in [0.3, 0.4) is 0 Å². The van der Waals surface area contributed by atoms with Crippen LogP contribution in [-0.4, -0.2) is 59.5 Å². The minimum absolute atomic E-state index is 0.00532. The van der Waals surface area contributed by atoms with E-state index in [9.17, 15) is 4.79 Å². The fourth-order valence-corrected chi connectivity index (χ4v) is 1.33. The van der Waals surface area contributed by atoms with Crippen molar-refractivity contribution in [3.05, 3.63) is 0 Å². The third-order valence-electron chi connectivity index (χ3n) is 2.26. The Labute approximate surface area is 76.9 Å². The van der Waals surface area contributed by atoms with Gasteiger partial charge in [-0.1, -0.05) is 0 Å². The molecule has 1 fully saturated rings. The van der Waals surface area contributed by atoms with Gasteiger partial charge in [-0.2, -0.15) is 0 Å². The van der Waals surface area contributed by atoms with Crippen LogP contribution >= 0.6 is 0 Å². The van der Waals surface area contributed by atoms with Crippen molar-refractivity contribution in [1.29, 1.82) is 0 Å². The van der Waals surface area contributed by atoms with Crippen molar-refractivity contribution in [1.82, 2.24) is 4.90 Å². The van der Waals surface area contributed by atoms with Crippen LogP contribution in [0.5, 0.6) is 0 Å². The van der Waals surface area contributed by atoms with Crippen LogP contribution in [-0.2, 0) is 9.53 Å². The number of rotatable bonds is 3. The monoisotopic (exact) mass is 189 g/mol. The van der Waals surface area contributed by atoms with Gasteiger partial charge < -0.3 is 14.9 Å². The Balaban J connectivity index is 2.46. The Morgan fingerprint density at radius 1 is 1.77 bits per heavy atom. The zero-order chi connectivity index (χ0) is 9.84. The smallest absolute Gasteiger partial charge is 0.334 e. The fraction of sp³-hybridized carbons (Fsp3) is 0.875. The highest BCUT2D eigenvalue weighted by Crippen LogP contribution is 2.08. The van der Waals surface area contributed by atoms with E-state index in [-0.39, 0.29) is 12.6 Å². The third kappa shape index (κ3) is 2.65. The standard InChI is InChI=1S/C8H15NO4/c1-6(5-10)9-2-3-13-7(4-9)8(11)12/h6-7,10H,2-5H2,1H3,(H,11,12). The molecule has 1 aliphatic rings. The molecule has 0 saturated carbocycles. The molecule has 0 bridgehead atoms. The van der Waals surface area contributed by atoms with E-state index >= 15 is 0 Å². The highest BCUT2D eigenvalue weighted by molar-refractivity contribution is 5.72. The summed E-state index contributed by atoms with van der Waals surface area (Å²) in [5, 5.41) is 17.6. The normalized spacial score (nSPS) is 27.1. The number of aliphatic hydroxyl groups excluding tert-OH is 1. The van der Waals surface area contributed by atoms with Crippen LogP contribution in [0.25, 0.3) is 0 Å². The number of aliphatic carboxylic acids is 1. The first-order valence-electron chi connectivity index (χ1n) is 4.34. The molecule has 5 nitrogen and oxygen atoms in total. The van der Waals surface area contributed by atoms with E-state index in [4.69, 9.17) is 14.9 Å². The Kier molecular flexibility index (Phi) is 3.65. The summed E-state index contributed by atoms with van der Waals surface area (Å²) < 4.78 is 5.04. The summed E-state index contributed by atoms with van der Waals surface area (Å²) in [5.41, 5.74) is 0. The Morgan fingerprint density at radius 3 is 3.00 bits per heavy atom. The number of hydrogen-bond donors (Lipinski definition) is 2. The van der Waals surface area contributed by atoms with E-state index < -0.39 is 12.1 Å².